The van der Waals surface area contributed by atoms with Crippen LogP contribution in [0.1, 0.15) is 12.5 Å². The minimum atomic E-state index is -0.767. The summed E-state index contributed by atoms with van der Waals surface area (Å²) < 4.78 is 5.18. The molecule has 0 heterocycles. The van der Waals surface area contributed by atoms with Crippen LogP contribution in [0.4, 0.5) is 4.79 Å². The normalized spacial score (nSPS) is 10.3. The summed E-state index contributed by atoms with van der Waals surface area (Å²) in [6.45, 7) is 2.27. The van der Waals surface area contributed by atoms with Gasteiger partial charge >= 0.3 is 6.03 Å². The van der Waals surface area contributed by atoms with Crippen LogP contribution in [0.3, 0.4) is 0 Å². The Balaban J connectivity index is 2.84. The van der Waals surface area contributed by atoms with Crippen molar-refractivity contribution in [3.8, 4) is 11.5 Å². The molecule has 0 aromatic heterocycles. The smallest absolute Gasteiger partial charge is 0.332 e. The lowest BCUT2D eigenvalue weighted by Crippen LogP contribution is -2.24. The Bertz CT molecular complexity index is 404. The highest BCUT2D eigenvalue weighted by atomic mass is 16.5. The van der Waals surface area contributed by atoms with E-state index in [2.05, 4.69) is 5.10 Å². The largest absolute Gasteiger partial charge is 0.504 e. The van der Waals surface area contributed by atoms with Crippen molar-refractivity contribution in [2.75, 3.05) is 6.61 Å². The van der Waals surface area contributed by atoms with Gasteiger partial charge in [-0.05, 0) is 19.1 Å². The van der Waals surface area contributed by atoms with Gasteiger partial charge in [-0.1, -0.05) is 6.07 Å². The molecule has 0 bridgehead atoms. The predicted molar refractivity (Wildman–Crippen MR) is 59.6 cm³/mol. The minimum Gasteiger partial charge on any atom is -0.504 e. The van der Waals surface area contributed by atoms with E-state index in [1.165, 1.54) is 6.21 Å². The zero-order valence-electron chi connectivity index (χ0n) is 8.80. The molecule has 0 fully saturated rings. The highest BCUT2D eigenvalue weighted by Gasteiger charge is 2.05. The number of aromatic hydroxyl groups is 1. The Hall–Kier alpha value is -2.24. The van der Waals surface area contributed by atoms with E-state index in [0.717, 1.165) is 0 Å². The molecule has 0 aliphatic heterocycles. The Kier molecular flexibility index (Phi) is 4.14. The zero-order valence-corrected chi connectivity index (χ0v) is 8.80. The Morgan fingerprint density at radius 3 is 3.06 bits per heavy atom. The summed E-state index contributed by atoms with van der Waals surface area (Å²) >= 11 is 0. The number of ether oxygens (including phenoxy) is 1. The van der Waals surface area contributed by atoms with Gasteiger partial charge in [0, 0.05) is 5.56 Å². The number of primary amides is 1. The van der Waals surface area contributed by atoms with Gasteiger partial charge in [-0.2, -0.15) is 5.10 Å². The monoisotopic (exact) mass is 223 g/mol. The van der Waals surface area contributed by atoms with Crippen molar-refractivity contribution in [2.45, 2.75) is 6.92 Å². The van der Waals surface area contributed by atoms with Crippen LogP contribution in [-0.2, 0) is 0 Å². The number of nitrogens with one attached hydrogen (secondary N) is 1. The molecule has 4 N–H and O–H groups in total. The fourth-order valence-electron chi connectivity index (χ4n) is 1.08. The van der Waals surface area contributed by atoms with Crippen molar-refractivity contribution in [3.05, 3.63) is 23.8 Å². The van der Waals surface area contributed by atoms with Crippen molar-refractivity contribution in [1.29, 1.82) is 0 Å². The lowest BCUT2D eigenvalue weighted by molar-refractivity contribution is 0.249. The van der Waals surface area contributed by atoms with Gasteiger partial charge < -0.3 is 15.6 Å². The quantitative estimate of drug-likeness (QED) is 0.520. The zero-order chi connectivity index (χ0) is 12.0. The molecule has 0 aliphatic rings. The molecule has 0 spiro atoms. The molecule has 86 valence electrons. The predicted octanol–water partition coefficient (Wildman–Crippen LogP) is 0.793. The number of amides is 2. The summed E-state index contributed by atoms with van der Waals surface area (Å²) in [6.07, 6.45) is 1.28. The lowest BCUT2D eigenvalue weighted by atomic mass is 10.2. The number of nitrogens with zero attached hydrogens (tertiary/aromatic N) is 1. The SMILES string of the molecule is CCOc1cccc(/C=N/NC(N)=O)c1O. The first kappa shape index (κ1) is 11.8. The van der Waals surface area contributed by atoms with Crippen LogP contribution in [0.25, 0.3) is 0 Å². The number of phenols is 1. The third-order valence-corrected chi connectivity index (χ3v) is 1.71. The summed E-state index contributed by atoms with van der Waals surface area (Å²) in [5, 5.41) is 13.3. The van der Waals surface area contributed by atoms with E-state index in [1.54, 1.807) is 18.2 Å². The van der Waals surface area contributed by atoms with Crippen LogP contribution >= 0.6 is 0 Å². The number of carbonyl (C=O) groups is 1. The van der Waals surface area contributed by atoms with E-state index in [0.29, 0.717) is 17.9 Å². The molecule has 0 saturated heterocycles. The van der Waals surface area contributed by atoms with Gasteiger partial charge in [0.15, 0.2) is 11.5 Å². The summed E-state index contributed by atoms with van der Waals surface area (Å²) in [5.41, 5.74) is 7.28. The molecule has 1 aromatic rings. The van der Waals surface area contributed by atoms with Crippen molar-refractivity contribution in [1.82, 2.24) is 5.43 Å². The van der Waals surface area contributed by atoms with Crippen LogP contribution in [0.15, 0.2) is 23.3 Å². The molecule has 0 saturated carbocycles. The van der Waals surface area contributed by atoms with Gasteiger partial charge in [0.2, 0.25) is 0 Å². The third kappa shape index (κ3) is 3.16. The van der Waals surface area contributed by atoms with Crippen molar-refractivity contribution < 1.29 is 14.6 Å². The average Bonchev–Trinajstić information content (AvgIpc) is 2.23. The standard InChI is InChI=1S/C10H13N3O3/c1-2-16-8-5-3-4-7(9(8)14)6-12-13-10(11)15/h3-6,14H,2H2,1H3,(H3,11,13,15)/b12-6+. The van der Waals surface area contributed by atoms with Gasteiger partial charge in [0.1, 0.15) is 0 Å². The number of para-hydroxylation sites is 1. The topological polar surface area (TPSA) is 96.9 Å². The first-order chi connectivity index (χ1) is 7.65. The van der Waals surface area contributed by atoms with E-state index in [4.69, 9.17) is 10.5 Å². The van der Waals surface area contributed by atoms with E-state index < -0.39 is 6.03 Å². The molecular formula is C10H13N3O3. The molecule has 2 amide bonds. The summed E-state index contributed by atoms with van der Waals surface area (Å²) in [6, 6.07) is 4.20. The second-order valence-electron chi connectivity index (χ2n) is 2.86. The molecule has 16 heavy (non-hydrogen) atoms. The first-order valence-electron chi connectivity index (χ1n) is 4.68. The third-order valence-electron chi connectivity index (χ3n) is 1.71. The van der Waals surface area contributed by atoms with Gasteiger partial charge in [0.25, 0.3) is 0 Å². The van der Waals surface area contributed by atoms with Gasteiger partial charge in [-0.25, -0.2) is 10.2 Å². The van der Waals surface area contributed by atoms with E-state index in [9.17, 15) is 9.90 Å². The molecule has 0 atom stereocenters. The lowest BCUT2D eigenvalue weighted by Gasteiger charge is -2.06. The van der Waals surface area contributed by atoms with Crippen LogP contribution < -0.4 is 15.9 Å². The second-order valence-corrected chi connectivity index (χ2v) is 2.86. The second kappa shape index (κ2) is 5.59. The van der Waals surface area contributed by atoms with Gasteiger partial charge in [0.05, 0.1) is 12.8 Å². The van der Waals surface area contributed by atoms with Crippen molar-refractivity contribution >= 4 is 12.2 Å². The number of phenolic OH excluding ortho intramolecular Hbond substituents is 1. The van der Waals surface area contributed by atoms with Gasteiger partial charge in [-0.3, -0.25) is 0 Å². The van der Waals surface area contributed by atoms with Crippen molar-refractivity contribution in [3.63, 3.8) is 0 Å². The van der Waals surface area contributed by atoms with E-state index in [-0.39, 0.29) is 5.75 Å². The molecule has 1 aromatic carbocycles. The van der Waals surface area contributed by atoms with Crippen LogP contribution in [-0.4, -0.2) is 24.0 Å². The number of urea groups is 1. The number of rotatable bonds is 4. The Morgan fingerprint density at radius 2 is 2.44 bits per heavy atom. The molecule has 6 nitrogen and oxygen atoms in total. The number of carbonyl (C=O) groups excluding carboxylic acids is 1. The maximum atomic E-state index is 10.4. The van der Waals surface area contributed by atoms with Crippen LogP contribution in [0.2, 0.25) is 0 Å². The molecule has 6 heteroatoms. The molecule has 1 rings (SSSR count). The van der Waals surface area contributed by atoms with Crippen LogP contribution in [0.5, 0.6) is 11.5 Å². The summed E-state index contributed by atoms with van der Waals surface area (Å²) in [7, 11) is 0. The maximum Gasteiger partial charge on any atom is 0.332 e. The molecule has 0 unspecified atom stereocenters. The molecule has 0 aliphatic carbocycles. The number of benzene rings is 1. The molecular weight excluding hydrogens is 210 g/mol. The highest BCUT2D eigenvalue weighted by Crippen LogP contribution is 2.28. The fourth-order valence-corrected chi connectivity index (χ4v) is 1.08. The first-order valence-corrected chi connectivity index (χ1v) is 4.68. The fraction of sp³-hybridized carbons (Fsp3) is 0.200. The van der Waals surface area contributed by atoms with E-state index in [1.807, 2.05) is 12.3 Å². The number of hydrogen-bond acceptors (Lipinski definition) is 4. The van der Waals surface area contributed by atoms with Crippen molar-refractivity contribution in [2.24, 2.45) is 10.8 Å². The average molecular weight is 223 g/mol. The molecule has 0 radical (unpaired) electrons. The van der Waals surface area contributed by atoms with Crippen LogP contribution in [0, 0.1) is 0 Å². The maximum absolute atomic E-state index is 10.4. The number of hydrazone groups is 1. The van der Waals surface area contributed by atoms with Gasteiger partial charge in [-0.15, -0.1) is 0 Å². The minimum absolute atomic E-state index is 0.0284. The summed E-state index contributed by atoms with van der Waals surface area (Å²) in [5.74, 6) is 0.338. The highest BCUT2D eigenvalue weighted by molar-refractivity contribution is 5.85. The Labute approximate surface area is 92.7 Å². The number of hydrogen-bond donors (Lipinski definition) is 3. The summed E-state index contributed by atoms with van der Waals surface area (Å²) in [4.78, 5) is 10.4. The van der Waals surface area contributed by atoms with E-state index >= 15 is 0 Å². The Morgan fingerprint density at radius 1 is 1.69 bits per heavy atom. The number of nitrogens with two attached hydrogens (primary N) is 1.